The Balaban J connectivity index is 2.01. The number of ether oxygens (including phenoxy) is 3. The normalized spacial score (nSPS) is 14.8. The zero-order valence-electron chi connectivity index (χ0n) is 20.1. The Hall–Kier alpha value is -0.910. The highest BCUT2D eigenvalue weighted by Crippen LogP contribution is 2.34. The van der Waals surface area contributed by atoms with E-state index in [4.69, 9.17) is 38.6 Å². The van der Waals surface area contributed by atoms with E-state index in [1.54, 1.807) is 11.8 Å². The molecule has 13 heteroatoms. The molecule has 0 aromatic heterocycles. The first-order chi connectivity index (χ1) is 16.7. The number of unbranched alkanes of at least 4 members (excludes halogenated alkanes) is 1. The molecule has 1 saturated heterocycles. The van der Waals surface area contributed by atoms with Gasteiger partial charge in [0.1, 0.15) is 25.8 Å². The van der Waals surface area contributed by atoms with E-state index in [9.17, 15) is 19.6 Å². The number of thiocarbonyl (C=S) groups is 2. The molecule has 1 heterocycles. The van der Waals surface area contributed by atoms with Crippen molar-refractivity contribution in [2.45, 2.75) is 57.1 Å². The van der Waals surface area contributed by atoms with Crippen LogP contribution < -0.4 is 0 Å². The second-order valence-corrected chi connectivity index (χ2v) is 13.2. The van der Waals surface area contributed by atoms with Gasteiger partial charge in [-0.3, -0.25) is 19.3 Å². The molecule has 0 spiro atoms. The van der Waals surface area contributed by atoms with Crippen molar-refractivity contribution in [3.63, 3.8) is 0 Å². The monoisotopic (exact) mass is 580 g/mol. The van der Waals surface area contributed by atoms with Crippen LogP contribution in [-0.2, 0) is 28.6 Å². The van der Waals surface area contributed by atoms with E-state index in [0.717, 1.165) is 11.5 Å². The van der Waals surface area contributed by atoms with E-state index in [1.807, 2.05) is 6.92 Å². The van der Waals surface area contributed by atoms with Gasteiger partial charge in [-0.15, -0.1) is 11.8 Å². The van der Waals surface area contributed by atoms with Gasteiger partial charge in [0.05, 0.1) is 19.3 Å². The second-order valence-electron chi connectivity index (χ2n) is 7.55. The lowest BCUT2D eigenvalue weighted by Gasteiger charge is -2.20. The van der Waals surface area contributed by atoms with Crippen LogP contribution in [0.25, 0.3) is 0 Å². The van der Waals surface area contributed by atoms with Crippen LogP contribution in [0.5, 0.6) is 0 Å². The molecule has 1 rings (SSSR count). The molecule has 1 fully saturated rings. The number of carbonyl (C=O) groups excluding carboxylic acids is 3. The SMILES string of the molecule is CCSC(=S)SC(C)(C#N)CCC(=O)OCCOCCOC(=O)CCCCC(=O)N1CCSC1=S. The van der Waals surface area contributed by atoms with E-state index in [-0.39, 0.29) is 51.1 Å². The molecular formula is C22H32N2O6S5. The van der Waals surface area contributed by atoms with Gasteiger partial charge in [0, 0.05) is 31.6 Å². The van der Waals surface area contributed by atoms with Crippen LogP contribution in [0.3, 0.4) is 0 Å². The van der Waals surface area contributed by atoms with Crippen molar-refractivity contribution in [1.29, 1.82) is 5.26 Å². The van der Waals surface area contributed by atoms with Crippen molar-refractivity contribution in [3.8, 4) is 6.07 Å². The molecule has 1 aliphatic rings. The fraction of sp³-hybridized carbons (Fsp3) is 0.727. The minimum Gasteiger partial charge on any atom is -0.463 e. The van der Waals surface area contributed by atoms with Gasteiger partial charge in [-0.1, -0.05) is 54.9 Å². The highest BCUT2D eigenvalue weighted by atomic mass is 32.2. The number of amides is 1. The Morgan fingerprint density at radius 3 is 2.31 bits per heavy atom. The van der Waals surface area contributed by atoms with Crippen molar-refractivity contribution in [1.82, 2.24) is 4.90 Å². The summed E-state index contributed by atoms with van der Waals surface area (Å²) >= 11 is 14.7. The lowest BCUT2D eigenvalue weighted by atomic mass is 10.1. The summed E-state index contributed by atoms with van der Waals surface area (Å²) in [7, 11) is 0. The molecule has 8 nitrogen and oxygen atoms in total. The third-order valence-corrected chi connectivity index (χ3v) is 8.75. The number of esters is 2. The number of rotatable bonds is 16. The lowest BCUT2D eigenvalue weighted by molar-refractivity contribution is -0.147. The Morgan fingerprint density at radius 1 is 1.11 bits per heavy atom. The molecule has 0 aromatic rings. The maximum atomic E-state index is 12.0. The van der Waals surface area contributed by atoms with Crippen molar-refractivity contribution in [3.05, 3.63) is 0 Å². The molecule has 35 heavy (non-hydrogen) atoms. The van der Waals surface area contributed by atoms with Crippen LogP contribution in [0.1, 0.15) is 52.4 Å². The molecule has 0 aliphatic carbocycles. The topological polar surface area (TPSA) is 106 Å². The second kappa shape index (κ2) is 18.4. The van der Waals surface area contributed by atoms with Crippen molar-refractivity contribution >= 4 is 85.4 Å². The molecule has 0 aromatic carbocycles. The predicted octanol–water partition coefficient (Wildman–Crippen LogP) is 4.34. The van der Waals surface area contributed by atoms with Crippen LogP contribution in [0, 0.1) is 11.3 Å². The number of hydrogen-bond donors (Lipinski definition) is 0. The molecule has 0 saturated carbocycles. The van der Waals surface area contributed by atoms with Gasteiger partial charge in [-0.2, -0.15) is 5.26 Å². The highest BCUT2D eigenvalue weighted by Gasteiger charge is 2.28. The van der Waals surface area contributed by atoms with Gasteiger partial charge < -0.3 is 14.2 Å². The van der Waals surface area contributed by atoms with Gasteiger partial charge in [-0.25, -0.2) is 0 Å². The van der Waals surface area contributed by atoms with Crippen molar-refractivity contribution < 1.29 is 28.6 Å². The van der Waals surface area contributed by atoms with E-state index in [0.29, 0.717) is 40.1 Å². The summed E-state index contributed by atoms with van der Waals surface area (Å²) in [4.78, 5) is 37.3. The van der Waals surface area contributed by atoms with Crippen molar-refractivity contribution in [2.75, 3.05) is 44.5 Å². The third-order valence-electron chi connectivity index (χ3n) is 4.68. The number of carbonyl (C=O) groups is 3. The Bertz CT molecular complexity index is 791. The summed E-state index contributed by atoms with van der Waals surface area (Å²) < 4.78 is 16.1. The molecule has 0 N–H and O–H groups in total. The summed E-state index contributed by atoms with van der Waals surface area (Å²) in [5.41, 5.74) is 0. The fourth-order valence-corrected chi connectivity index (χ4v) is 6.92. The molecule has 0 bridgehead atoms. The smallest absolute Gasteiger partial charge is 0.305 e. The van der Waals surface area contributed by atoms with Gasteiger partial charge in [0.2, 0.25) is 5.91 Å². The van der Waals surface area contributed by atoms with Crippen LogP contribution >= 0.6 is 59.7 Å². The summed E-state index contributed by atoms with van der Waals surface area (Å²) in [6.07, 6.45) is 2.25. The van der Waals surface area contributed by atoms with Gasteiger partial charge in [-0.05, 0) is 31.9 Å². The Labute approximate surface area is 230 Å². The minimum absolute atomic E-state index is 0.00983. The van der Waals surface area contributed by atoms with Gasteiger partial charge in [0.15, 0.2) is 0 Å². The summed E-state index contributed by atoms with van der Waals surface area (Å²) in [6, 6.07) is 2.22. The molecule has 1 aliphatic heterocycles. The first-order valence-corrected chi connectivity index (χ1v) is 14.9. The Kier molecular flexibility index (Phi) is 16.8. The predicted molar refractivity (Wildman–Crippen MR) is 150 cm³/mol. The molecular weight excluding hydrogens is 549 g/mol. The first kappa shape index (κ1) is 32.1. The van der Waals surface area contributed by atoms with Crippen LogP contribution in [-0.4, -0.2) is 79.8 Å². The number of hydrogen-bond acceptors (Lipinski definition) is 12. The Morgan fingerprint density at radius 2 is 1.74 bits per heavy atom. The van der Waals surface area contributed by atoms with Crippen LogP contribution in [0.4, 0.5) is 0 Å². The molecule has 0 radical (unpaired) electrons. The summed E-state index contributed by atoms with van der Waals surface area (Å²) in [5, 5.41) is 9.41. The molecule has 196 valence electrons. The fourth-order valence-electron chi connectivity index (χ4n) is 2.78. The zero-order chi connectivity index (χ0) is 26.1. The summed E-state index contributed by atoms with van der Waals surface area (Å²) in [5.74, 6) is 0.951. The van der Waals surface area contributed by atoms with Crippen LogP contribution in [0.15, 0.2) is 0 Å². The quantitative estimate of drug-likeness (QED) is 0.147. The third kappa shape index (κ3) is 14.4. The number of thioether (sulfide) groups is 3. The minimum atomic E-state index is -0.769. The number of nitrogens with zero attached hydrogens (tertiary/aromatic N) is 2. The van der Waals surface area contributed by atoms with E-state index >= 15 is 0 Å². The van der Waals surface area contributed by atoms with Gasteiger partial charge >= 0.3 is 11.9 Å². The molecule has 1 amide bonds. The summed E-state index contributed by atoms with van der Waals surface area (Å²) in [6.45, 7) is 4.99. The average molecular weight is 581 g/mol. The average Bonchev–Trinajstić information content (AvgIpc) is 3.25. The zero-order valence-corrected chi connectivity index (χ0v) is 24.2. The van der Waals surface area contributed by atoms with E-state index in [2.05, 4.69) is 6.07 Å². The largest absolute Gasteiger partial charge is 0.463 e. The van der Waals surface area contributed by atoms with E-state index < -0.39 is 10.7 Å². The maximum absolute atomic E-state index is 12.0. The van der Waals surface area contributed by atoms with Gasteiger partial charge in [0.25, 0.3) is 0 Å². The highest BCUT2D eigenvalue weighted by molar-refractivity contribution is 8.47. The van der Waals surface area contributed by atoms with Crippen molar-refractivity contribution in [2.24, 2.45) is 0 Å². The van der Waals surface area contributed by atoms with Crippen LogP contribution in [0.2, 0.25) is 0 Å². The molecule has 1 unspecified atom stereocenters. The standard InChI is InChI=1S/C22H32N2O6S5/c1-3-33-21(32)35-22(2,16-23)9-8-19(27)30-14-12-28-11-13-29-18(26)7-5-4-6-17(25)24-10-15-34-20(24)31/h3-15H2,1-2H3. The maximum Gasteiger partial charge on any atom is 0.305 e. The lowest BCUT2D eigenvalue weighted by Crippen LogP contribution is -2.30. The molecule has 1 atom stereocenters. The van der Waals surface area contributed by atoms with E-state index in [1.165, 1.54) is 35.3 Å². The number of nitriles is 1. The first-order valence-electron chi connectivity index (χ1n) is 11.3.